The number of fused-ring (bicyclic) bond motifs is 2. The van der Waals surface area contributed by atoms with Gasteiger partial charge in [0, 0.05) is 23.0 Å². The molecule has 1 saturated carbocycles. The van der Waals surface area contributed by atoms with Crippen LogP contribution in [0.4, 0.5) is 0 Å². The number of aromatic nitrogens is 2. The van der Waals surface area contributed by atoms with Crippen molar-refractivity contribution in [3.63, 3.8) is 0 Å². The molecule has 0 bridgehead atoms. The molecular weight excluding hydrogens is 284 g/mol. The van der Waals surface area contributed by atoms with Gasteiger partial charge in [-0.05, 0) is 31.0 Å². The summed E-state index contributed by atoms with van der Waals surface area (Å²) < 4.78 is 6.52. The number of nitrogens with zero attached hydrogens (tertiary/aromatic N) is 2. The largest absolute Gasteiger partial charge is 0.354 e. The molecule has 1 atom stereocenters. The Balaban J connectivity index is 1.81. The lowest BCUT2D eigenvalue weighted by molar-refractivity contribution is -0.0873. The van der Waals surface area contributed by atoms with E-state index >= 15 is 0 Å². The molecule has 2 aliphatic rings. The predicted octanol–water partition coefficient (Wildman–Crippen LogP) is 4.41. The smallest absolute Gasteiger partial charge is 0.128 e. The van der Waals surface area contributed by atoms with Gasteiger partial charge in [0.1, 0.15) is 11.7 Å². The Morgan fingerprint density at radius 3 is 2.76 bits per heavy atom. The Bertz CT molecular complexity index is 667. The molecule has 1 aliphatic heterocycles. The average Bonchev–Trinajstić information content (AvgIpc) is 2.83. The van der Waals surface area contributed by atoms with Gasteiger partial charge in [0.2, 0.25) is 0 Å². The van der Waals surface area contributed by atoms with E-state index in [1.807, 2.05) is 18.3 Å². The Morgan fingerprint density at radius 2 is 1.95 bits per heavy atom. The van der Waals surface area contributed by atoms with Crippen LogP contribution < -0.4 is 0 Å². The first kappa shape index (κ1) is 13.2. The summed E-state index contributed by atoms with van der Waals surface area (Å²) in [5, 5.41) is 0.693. The summed E-state index contributed by atoms with van der Waals surface area (Å²) in [4.78, 5) is 9.11. The predicted molar refractivity (Wildman–Crippen MR) is 81.2 cm³/mol. The van der Waals surface area contributed by atoms with Gasteiger partial charge in [-0.15, -0.1) is 0 Å². The number of pyridine rings is 2. The maximum absolute atomic E-state index is 6.52. The van der Waals surface area contributed by atoms with Crippen LogP contribution in [0.5, 0.6) is 0 Å². The van der Waals surface area contributed by atoms with E-state index in [0.29, 0.717) is 5.02 Å². The first-order chi connectivity index (χ1) is 10.3. The first-order valence-corrected chi connectivity index (χ1v) is 7.91. The highest BCUT2D eigenvalue weighted by Crippen LogP contribution is 2.51. The Hall–Kier alpha value is -1.45. The molecule has 0 N–H and O–H groups in total. The van der Waals surface area contributed by atoms with Crippen molar-refractivity contribution in [2.75, 3.05) is 0 Å². The number of ether oxygens (including phenoxy) is 1. The van der Waals surface area contributed by atoms with Gasteiger partial charge in [0.05, 0.1) is 11.4 Å². The molecule has 4 heteroatoms. The summed E-state index contributed by atoms with van der Waals surface area (Å²) in [6.07, 6.45) is 9.24. The highest BCUT2D eigenvalue weighted by Gasteiger charge is 2.47. The molecule has 4 rings (SSSR count). The summed E-state index contributed by atoms with van der Waals surface area (Å²) in [6, 6.07) is 7.77. The maximum Gasteiger partial charge on any atom is 0.128 e. The molecule has 2 aromatic heterocycles. The SMILES string of the molecule is Clc1ccnc(C2OC3(CCCCC3)c3ncccc32)c1. The molecule has 0 amide bonds. The normalized spacial score (nSPS) is 23.2. The van der Waals surface area contributed by atoms with Crippen LogP contribution in [0.15, 0.2) is 36.7 Å². The molecule has 1 aliphatic carbocycles. The van der Waals surface area contributed by atoms with Gasteiger partial charge in [-0.2, -0.15) is 0 Å². The topological polar surface area (TPSA) is 35.0 Å². The fourth-order valence-corrected chi connectivity index (χ4v) is 3.78. The molecule has 2 aromatic rings. The Labute approximate surface area is 129 Å². The molecular formula is C17H17ClN2O. The molecule has 0 aromatic carbocycles. The molecule has 1 fully saturated rings. The van der Waals surface area contributed by atoms with E-state index in [0.717, 1.165) is 29.8 Å². The van der Waals surface area contributed by atoms with Gasteiger partial charge < -0.3 is 4.74 Å². The van der Waals surface area contributed by atoms with Crippen molar-refractivity contribution in [2.24, 2.45) is 0 Å². The lowest BCUT2D eigenvalue weighted by Crippen LogP contribution is -2.29. The fraction of sp³-hybridized carbons (Fsp3) is 0.412. The quantitative estimate of drug-likeness (QED) is 0.782. The van der Waals surface area contributed by atoms with Crippen LogP contribution >= 0.6 is 11.6 Å². The molecule has 1 unspecified atom stereocenters. The third kappa shape index (κ3) is 2.16. The highest BCUT2D eigenvalue weighted by atomic mass is 35.5. The van der Waals surface area contributed by atoms with Crippen LogP contribution in [0.25, 0.3) is 0 Å². The number of halogens is 1. The summed E-state index contributed by atoms with van der Waals surface area (Å²) in [5.74, 6) is 0. The van der Waals surface area contributed by atoms with Crippen LogP contribution in [0.3, 0.4) is 0 Å². The number of rotatable bonds is 1. The van der Waals surface area contributed by atoms with Crippen LogP contribution in [0.2, 0.25) is 5.02 Å². The van der Waals surface area contributed by atoms with E-state index in [9.17, 15) is 0 Å². The molecule has 21 heavy (non-hydrogen) atoms. The van der Waals surface area contributed by atoms with Gasteiger partial charge in [-0.1, -0.05) is 36.9 Å². The summed E-state index contributed by atoms with van der Waals surface area (Å²) in [7, 11) is 0. The lowest BCUT2D eigenvalue weighted by Gasteiger charge is -2.33. The van der Waals surface area contributed by atoms with Crippen molar-refractivity contribution in [1.29, 1.82) is 0 Å². The van der Waals surface area contributed by atoms with E-state index in [1.54, 1.807) is 12.3 Å². The standard InChI is InChI=1S/C17H17ClN2O/c18-12-6-10-19-14(11-12)15-13-5-4-9-20-16(13)17(21-15)7-2-1-3-8-17/h4-6,9-11,15H,1-3,7-8H2. The average molecular weight is 301 g/mol. The van der Waals surface area contributed by atoms with Crippen molar-refractivity contribution in [3.05, 3.63) is 58.6 Å². The summed E-state index contributed by atoms with van der Waals surface area (Å²) in [5.41, 5.74) is 2.91. The molecule has 3 heterocycles. The Kier molecular flexibility index (Phi) is 3.20. The van der Waals surface area contributed by atoms with Gasteiger partial charge >= 0.3 is 0 Å². The van der Waals surface area contributed by atoms with Crippen molar-refractivity contribution in [3.8, 4) is 0 Å². The zero-order chi connectivity index (χ0) is 14.3. The van der Waals surface area contributed by atoms with Gasteiger partial charge in [0.15, 0.2) is 0 Å². The van der Waals surface area contributed by atoms with Crippen LogP contribution in [-0.2, 0) is 10.3 Å². The number of hydrogen-bond donors (Lipinski definition) is 0. The minimum Gasteiger partial charge on any atom is -0.354 e. The molecule has 1 spiro atoms. The minimum atomic E-state index is -0.219. The summed E-state index contributed by atoms with van der Waals surface area (Å²) in [6.45, 7) is 0. The van der Waals surface area contributed by atoms with Crippen molar-refractivity contribution in [1.82, 2.24) is 9.97 Å². The molecule has 0 radical (unpaired) electrons. The fourth-order valence-electron chi connectivity index (χ4n) is 3.62. The van der Waals surface area contributed by atoms with Crippen LogP contribution in [0.1, 0.15) is 55.2 Å². The third-order valence-electron chi connectivity index (χ3n) is 4.57. The number of hydrogen-bond acceptors (Lipinski definition) is 3. The molecule has 108 valence electrons. The zero-order valence-corrected chi connectivity index (χ0v) is 12.5. The molecule has 3 nitrogen and oxygen atoms in total. The second kappa shape index (κ2) is 5.08. The minimum absolute atomic E-state index is 0.148. The zero-order valence-electron chi connectivity index (χ0n) is 11.8. The van der Waals surface area contributed by atoms with E-state index in [1.165, 1.54) is 19.3 Å². The van der Waals surface area contributed by atoms with Crippen molar-refractivity contribution in [2.45, 2.75) is 43.8 Å². The van der Waals surface area contributed by atoms with Gasteiger partial charge in [-0.25, -0.2) is 0 Å². The Morgan fingerprint density at radius 1 is 1.10 bits per heavy atom. The summed E-state index contributed by atoms with van der Waals surface area (Å²) >= 11 is 6.12. The van der Waals surface area contributed by atoms with E-state index in [4.69, 9.17) is 16.3 Å². The van der Waals surface area contributed by atoms with Gasteiger partial charge in [-0.3, -0.25) is 9.97 Å². The molecule has 0 saturated heterocycles. The monoisotopic (exact) mass is 300 g/mol. The third-order valence-corrected chi connectivity index (χ3v) is 4.80. The highest BCUT2D eigenvalue weighted by molar-refractivity contribution is 6.30. The van der Waals surface area contributed by atoms with Crippen LogP contribution in [-0.4, -0.2) is 9.97 Å². The first-order valence-electron chi connectivity index (χ1n) is 7.53. The van der Waals surface area contributed by atoms with Crippen molar-refractivity contribution >= 4 is 11.6 Å². The van der Waals surface area contributed by atoms with Gasteiger partial charge in [0.25, 0.3) is 0 Å². The van der Waals surface area contributed by atoms with Crippen LogP contribution in [0, 0.1) is 0 Å². The van der Waals surface area contributed by atoms with E-state index in [2.05, 4.69) is 16.0 Å². The van der Waals surface area contributed by atoms with Crippen molar-refractivity contribution < 1.29 is 4.74 Å². The lowest BCUT2D eigenvalue weighted by atomic mass is 9.82. The van der Waals surface area contributed by atoms with E-state index in [-0.39, 0.29) is 11.7 Å². The maximum atomic E-state index is 6.52. The van der Waals surface area contributed by atoms with E-state index < -0.39 is 0 Å². The second-order valence-corrected chi connectivity index (χ2v) is 6.33. The second-order valence-electron chi connectivity index (χ2n) is 5.89.